The van der Waals surface area contributed by atoms with Gasteiger partial charge in [0.2, 0.25) is 11.8 Å². The Bertz CT molecular complexity index is 648. The second kappa shape index (κ2) is 6.05. The SMILES string of the molecule is COc1cc(C)nc(N2CCN(C(=O)c3ccc[nH]3)CC2)n1. The minimum atomic E-state index is 0.0346. The average Bonchev–Trinajstić information content (AvgIpc) is 3.08. The van der Waals surface area contributed by atoms with Crippen LogP contribution in [0.25, 0.3) is 0 Å². The summed E-state index contributed by atoms with van der Waals surface area (Å²) in [7, 11) is 1.60. The van der Waals surface area contributed by atoms with E-state index in [0.29, 0.717) is 43.7 Å². The summed E-state index contributed by atoms with van der Waals surface area (Å²) in [6.45, 7) is 4.63. The fourth-order valence-corrected chi connectivity index (χ4v) is 2.51. The smallest absolute Gasteiger partial charge is 0.270 e. The molecule has 1 aliphatic rings. The van der Waals surface area contributed by atoms with Crippen molar-refractivity contribution >= 4 is 11.9 Å². The second-order valence-electron chi connectivity index (χ2n) is 5.21. The first-order chi connectivity index (χ1) is 10.7. The highest BCUT2D eigenvalue weighted by atomic mass is 16.5. The summed E-state index contributed by atoms with van der Waals surface area (Å²) in [4.78, 5) is 28.0. The zero-order valence-corrected chi connectivity index (χ0v) is 12.7. The van der Waals surface area contributed by atoms with E-state index in [0.717, 1.165) is 5.69 Å². The zero-order chi connectivity index (χ0) is 15.5. The van der Waals surface area contributed by atoms with Crippen molar-refractivity contribution in [2.45, 2.75) is 6.92 Å². The Kier molecular flexibility index (Phi) is 3.95. The van der Waals surface area contributed by atoms with Crippen molar-refractivity contribution in [1.29, 1.82) is 0 Å². The molecule has 0 radical (unpaired) electrons. The monoisotopic (exact) mass is 301 g/mol. The molecule has 2 aromatic rings. The number of methoxy groups -OCH3 is 1. The Morgan fingerprint density at radius 3 is 2.68 bits per heavy atom. The summed E-state index contributed by atoms with van der Waals surface area (Å²) in [6.07, 6.45) is 1.76. The highest BCUT2D eigenvalue weighted by Crippen LogP contribution is 2.17. The fourth-order valence-electron chi connectivity index (χ4n) is 2.51. The van der Waals surface area contributed by atoms with E-state index in [1.807, 2.05) is 17.9 Å². The topological polar surface area (TPSA) is 74.3 Å². The van der Waals surface area contributed by atoms with Crippen molar-refractivity contribution in [3.63, 3.8) is 0 Å². The van der Waals surface area contributed by atoms with E-state index in [4.69, 9.17) is 4.74 Å². The summed E-state index contributed by atoms with van der Waals surface area (Å²) in [5.74, 6) is 1.25. The van der Waals surface area contributed by atoms with Crippen LogP contribution >= 0.6 is 0 Å². The molecule has 0 spiro atoms. The van der Waals surface area contributed by atoms with Gasteiger partial charge >= 0.3 is 0 Å². The number of carbonyl (C=O) groups is 1. The predicted octanol–water partition coefficient (Wildman–Crippen LogP) is 1.08. The quantitative estimate of drug-likeness (QED) is 0.918. The number of ether oxygens (including phenoxy) is 1. The van der Waals surface area contributed by atoms with Crippen molar-refractivity contribution in [1.82, 2.24) is 19.9 Å². The molecule has 0 saturated carbocycles. The van der Waals surface area contributed by atoms with Crippen LogP contribution in [0.4, 0.5) is 5.95 Å². The Balaban J connectivity index is 1.67. The number of amides is 1. The van der Waals surface area contributed by atoms with E-state index in [9.17, 15) is 4.79 Å². The third-order valence-electron chi connectivity index (χ3n) is 3.71. The first-order valence-electron chi connectivity index (χ1n) is 7.24. The number of hydrogen-bond donors (Lipinski definition) is 1. The van der Waals surface area contributed by atoms with Gasteiger partial charge in [-0.05, 0) is 19.1 Å². The number of aryl methyl sites for hydroxylation is 1. The molecule has 0 bridgehead atoms. The third-order valence-corrected chi connectivity index (χ3v) is 3.71. The van der Waals surface area contributed by atoms with Crippen LogP contribution in [0.15, 0.2) is 24.4 Å². The number of rotatable bonds is 3. The lowest BCUT2D eigenvalue weighted by Crippen LogP contribution is -2.49. The Hall–Kier alpha value is -2.57. The molecule has 7 nitrogen and oxygen atoms in total. The van der Waals surface area contributed by atoms with E-state index >= 15 is 0 Å². The standard InChI is InChI=1S/C15H19N5O2/c1-11-10-13(22-2)18-15(17-11)20-8-6-19(7-9-20)14(21)12-4-3-5-16-12/h3-5,10,16H,6-9H2,1-2H3. The van der Waals surface area contributed by atoms with Crippen molar-refractivity contribution in [3.05, 3.63) is 35.8 Å². The predicted molar refractivity (Wildman–Crippen MR) is 82.2 cm³/mol. The lowest BCUT2D eigenvalue weighted by atomic mass is 10.3. The number of hydrogen-bond acceptors (Lipinski definition) is 5. The maximum atomic E-state index is 12.3. The lowest BCUT2D eigenvalue weighted by Gasteiger charge is -2.34. The molecule has 1 amide bonds. The molecule has 1 fully saturated rings. The van der Waals surface area contributed by atoms with E-state index in [2.05, 4.69) is 19.9 Å². The van der Waals surface area contributed by atoms with Crippen LogP contribution in [0.3, 0.4) is 0 Å². The summed E-state index contributed by atoms with van der Waals surface area (Å²) in [5, 5.41) is 0. The number of anilines is 1. The number of carbonyl (C=O) groups excluding carboxylic acids is 1. The largest absolute Gasteiger partial charge is 0.481 e. The number of aromatic nitrogens is 3. The van der Waals surface area contributed by atoms with Gasteiger partial charge in [0.05, 0.1) is 7.11 Å². The molecule has 1 saturated heterocycles. The highest BCUT2D eigenvalue weighted by Gasteiger charge is 2.24. The number of aromatic amines is 1. The second-order valence-corrected chi connectivity index (χ2v) is 5.21. The van der Waals surface area contributed by atoms with E-state index < -0.39 is 0 Å². The molecule has 7 heteroatoms. The van der Waals surface area contributed by atoms with Crippen LogP contribution in [0, 0.1) is 6.92 Å². The number of H-pyrrole nitrogens is 1. The van der Waals surface area contributed by atoms with E-state index in [-0.39, 0.29) is 5.91 Å². The first kappa shape index (κ1) is 14.4. The van der Waals surface area contributed by atoms with Gasteiger partial charge in [-0.25, -0.2) is 4.98 Å². The van der Waals surface area contributed by atoms with Gasteiger partial charge in [-0.1, -0.05) is 0 Å². The van der Waals surface area contributed by atoms with Crippen molar-refractivity contribution < 1.29 is 9.53 Å². The molecule has 1 N–H and O–H groups in total. The summed E-state index contributed by atoms with van der Waals surface area (Å²) in [5.41, 5.74) is 1.49. The molecular weight excluding hydrogens is 282 g/mol. The van der Waals surface area contributed by atoms with Gasteiger partial charge in [0.25, 0.3) is 5.91 Å². The van der Waals surface area contributed by atoms with Crippen LogP contribution in [-0.4, -0.2) is 59.0 Å². The molecule has 2 aromatic heterocycles. The molecule has 1 aliphatic heterocycles. The maximum Gasteiger partial charge on any atom is 0.270 e. The molecule has 0 aromatic carbocycles. The summed E-state index contributed by atoms with van der Waals surface area (Å²) < 4.78 is 5.19. The van der Waals surface area contributed by atoms with Crippen LogP contribution < -0.4 is 9.64 Å². The minimum absolute atomic E-state index is 0.0346. The lowest BCUT2D eigenvalue weighted by molar-refractivity contribution is 0.0741. The third kappa shape index (κ3) is 2.88. The molecule has 0 aliphatic carbocycles. The number of nitrogens with zero attached hydrogens (tertiary/aromatic N) is 4. The van der Waals surface area contributed by atoms with Crippen LogP contribution in [0.1, 0.15) is 16.2 Å². The summed E-state index contributed by atoms with van der Waals surface area (Å²) >= 11 is 0. The average molecular weight is 301 g/mol. The van der Waals surface area contributed by atoms with Crippen LogP contribution in [0.2, 0.25) is 0 Å². The molecule has 0 atom stereocenters. The van der Waals surface area contributed by atoms with Crippen molar-refractivity contribution in [2.75, 3.05) is 38.2 Å². The van der Waals surface area contributed by atoms with Gasteiger partial charge in [0.1, 0.15) is 5.69 Å². The molecular formula is C15H19N5O2. The molecule has 3 heterocycles. The van der Waals surface area contributed by atoms with Crippen LogP contribution in [0.5, 0.6) is 5.88 Å². The Labute approximate surface area is 128 Å². The molecule has 116 valence electrons. The zero-order valence-electron chi connectivity index (χ0n) is 12.7. The number of nitrogens with one attached hydrogen (secondary N) is 1. The van der Waals surface area contributed by atoms with Gasteiger partial charge < -0.3 is 19.5 Å². The van der Waals surface area contributed by atoms with Crippen molar-refractivity contribution in [3.8, 4) is 5.88 Å². The molecule has 0 unspecified atom stereocenters. The van der Waals surface area contributed by atoms with Gasteiger partial charge in [-0.15, -0.1) is 0 Å². The Morgan fingerprint density at radius 2 is 2.05 bits per heavy atom. The van der Waals surface area contributed by atoms with E-state index in [1.54, 1.807) is 25.4 Å². The maximum absolute atomic E-state index is 12.3. The molecule has 22 heavy (non-hydrogen) atoms. The highest BCUT2D eigenvalue weighted by molar-refractivity contribution is 5.92. The summed E-state index contributed by atoms with van der Waals surface area (Å²) in [6, 6.07) is 5.42. The normalized spacial score (nSPS) is 15.0. The van der Waals surface area contributed by atoms with Crippen molar-refractivity contribution in [2.24, 2.45) is 0 Å². The van der Waals surface area contributed by atoms with Gasteiger partial charge in [-0.2, -0.15) is 4.98 Å². The minimum Gasteiger partial charge on any atom is -0.481 e. The van der Waals surface area contributed by atoms with Gasteiger partial charge in [-0.3, -0.25) is 4.79 Å². The van der Waals surface area contributed by atoms with Gasteiger partial charge in [0.15, 0.2) is 0 Å². The molecule has 3 rings (SSSR count). The fraction of sp³-hybridized carbons (Fsp3) is 0.400. The van der Waals surface area contributed by atoms with E-state index in [1.165, 1.54) is 0 Å². The van der Waals surface area contributed by atoms with Gasteiger partial charge in [0, 0.05) is 44.1 Å². The Morgan fingerprint density at radius 1 is 1.27 bits per heavy atom. The first-order valence-corrected chi connectivity index (χ1v) is 7.24. The van der Waals surface area contributed by atoms with Crippen LogP contribution in [-0.2, 0) is 0 Å². The number of piperazine rings is 1.